The van der Waals surface area contributed by atoms with E-state index in [4.69, 9.17) is 14.5 Å². The number of hydrogen-bond donors (Lipinski definition) is 1. The van der Waals surface area contributed by atoms with Gasteiger partial charge in [0.05, 0.1) is 11.7 Å². The quantitative estimate of drug-likeness (QED) is 0.935. The molecule has 2 aliphatic rings. The average molecular weight is 325 g/mol. The predicted octanol–water partition coefficient (Wildman–Crippen LogP) is 2.37. The van der Waals surface area contributed by atoms with E-state index < -0.39 is 0 Å². The minimum Gasteiger partial charge on any atom is -0.454 e. The molecule has 1 N–H and O–H groups in total. The molecule has 1 saturated heterocycles. The third-order valence-electron chi connectivity index (χ3n) is 4.77. The number of pyridine rings is 1. The van der Waals surface area contributed by atoms with Crippen molar-refractivity contribution in [1.82, 2.24) is 15.2 Å². The van der Waals surface area contributed by atoms with Crippen LogP contribution in [0.15, 0.2) is 36.5 Å². The number of rotatable bonds is 4. The lowest BCUT2D eigenvalue weighted by atomic mass is 9.99. The van der Waals surface area contributed by atoms with E-state index in [2.05, 4.69) is 41.4 Å². The number of nitrogens with one attached hydrogen (secondary N) is 1. The molecular weight excluding hydrogens is 302 g/mol. The second-order valence-corrected chi connectivity index (χ2v) is 6.25. The van der Waals surface area contributed by atoms with Crippen molar-refractivity contribution in [3.8, 4) is 11.5 Å². The van der Waals surface area contributed by atoms with Gasteiger partial charge in [0.2, 0.25) is 6.79 Å². The van der Waals surface area contributed by atoms with Crippen molar-refractivity contribution in [1.29, 1.82) is 0 Å². The third kappa shape index (κ3) is 2.97. The molecule has 2 aliphatic heterocycles. The van der Waals surface area contributed by atoms with Crippen LogP contribution < -0.4 is 14.8 Å². The lowest BCUT2D eigenvalue weighted by Gasteiger charge is -2.35. The van der Waals surface area contributed by atoms with E-state index in [0.29, 0.717) is 6.79 Å². The fourth-order valence-electron chi connectivity index (χ4n) is 3.40. The van der Waals surface area contributed by atoms with E-state index in [-0.39, 0.29) is 6.04 Å². The van der Waals surface area contributed by atoms with Crippen molar-refractivity contribution in [3.05, 3.63) is 53.3 Å². The number of hydrogen-bond acceptors (Lipinski definition) is 5. The predicted molar refractivity (Wildman–Crippen MR) is 92.5 cm³/mol. The molecule has 0 radical (unpaired) electrons. The molecule has 2 aromatic rings. The highest BCUT2D eigenvalue weighted by atomic mass is 16.7. The van der Waals surface area contributed by atoms with Gasteiger partial charge in [-0.1, -0.05) is 19.1 Å². The Bertz CT molecular complexity index is 696. The van der Waals surface area contributed by atoms with Crippen molar-refractivity contribution in [2.24, 2.45) is 0 Å². The first-order valence-corrected chi connectivity index (χ1v) is 8.64. The Morgan fingerprint density at radius 3 is 2.71 bits per heavy atom. The van der Waals surface area contributed by atoms with Crippen LogP contribution >= 0.6 is 0 Å². The largest absolute Gasteiger partial charge is 0.454 e. The van der Waals surface area contributed by atoms with Crippen LogP contribution in [0.2, 0.25) is 0 Å². The number of aryl methyl sites for hydroxylation is 1. The number of aromatic nitrogens is 1. The molecule has 24 heavy (non-hydrogen) atoms. The van der Waals surface area contributed by atoms with Crippen LogP contribution in [0.4, 0.5) is 0 Å². The van der Waals surface area contributed by atoms with Crippen LogP contribution in [0.1, 0.15) is 29.8 Å². The van der Waals surface area contributed by atoms with Crippen LogP contribution in [0.5, 0.6) is 11.5 Å². The molecule has 0 aliphatic carbocycles. The zero-order valence-electron chi connectivity index (χ0n) is 14.0. The van der Waals surface area contributed by atoms with E-state index in [1.54, 1.807) is 0 Å². The van der Waals surface area contributed by atoms with Gasteiger partial charge in [-0.2, -0.15) is 0 Å². The van der Waals surface area contributed by atoms with Gasteiger partial charge in [0.1, 0.15) is 0 Å². The Labute approximate surface area is 142 Å². The maximum absolute atomic E-state index is 5.58. The smallest absolute Gasteiger partial charge is 0.231 e. The van der Waals surface area contributed by atoms with Gasteiger partial charge in [-0.25, -0.2) is 0 Å². The minimum absolute atomic E-state index is 0.146. The van der Waals surface area contributed by atoms with Crippen molar-refractivity contribution < 1.29 is 9.47 Å². The molecule has 0 amide bonds. The van der Waals surface area contributed by atoms with Gasteiger partial charge in [-0.05, 0) is 35.7 Å². The van der Waals surface area contributed by atoms with Gasteiger partial charge in [0, 0.05) is 32.4 Å². The second kappa shape index (κ2) is 6.79. The summed E-state index contributed by atoms with van der Waals surface area (Å²) in [6.07, 6.45) is 3.01. The number of piperazine rings is 1. The first-order valence-electron chi connectivity index (χ1n) is 8.64. The van der Waals surface area contributed by atoms with Gasteiger partial charge in [-0.3, -0.25) is 9.88 Å². The summed E-state index contributed by atoms with van der Waals surface area (Å²) < 4.78 is 11.0. The van der Waals surface area contributed by atoms with Crippen molar-refractivity contribution >= 4 is 0 Å². The Morgan fingerprint density at radius 1 is 1.12 bits per heavy atom. The Hall–Kier alpha value is -2.11. The lowest BCUT2D eigenvalue weighted by Crippen LogP contribution is -2.45. The molecule has 0 bridgehead atoms. The fourth-order valence-corrected chi connectivity index (χ4v) is 3.40. The molecule has 5 nitrogen and oxygen atoms in total. The first-order chi connectivity index (χ1) is 11.8. The van der Waals surface area contributed by atoms with Crippen molar-refractivity contribution in [2.45, 2.75) is 19.4 Å². The van der Waals surface area contributed by atoms with Gasteiger partial charge < -0.3 is 14.8 Å². The van der Waals surface area contributed by atoms with Gasteiger partial charge in [0.15, 0.2) is 11.5 Å². The highest BCUT2D eigenvalue weighted by Crippen LogP contribution is 2.37. The van der Waals surface area contributed by atoms with E-state index >= 15 is 0 Å². The third-order valence-corrected chi connectivity index (χ3v) is 4.77. The van der Waals surface area contributed by atoms with Gasteiger partial charge >= 0.3 is 0 Å². The molecule has 1 unspecified atom stereocenters. The highest BCUT2D eigenvalue weighted by molar-refractivity contribution is 5.46. The number of nitrogens with zero attached hydrogens (tertiary/aromatic N) is 2. The molecule has 5 heteroatoms. The summed E-state index contributed by atoms with van der Waals surface area (Å²) in [4.78, 5) is 7.25. The Balaban J connectivity index is 1.71. The molecule has 1 aromatic heterocycles. The number of benzene rings is 1. The maximum Gasteiger partial charge on any atom is 0.231 e. The standard InChI is InChI=1S/C19H23N3O2/c1-2-14-3-5-16(21-12-14)19(22-9-7-20-8-10-22)15-4-6-17-18(11-15)24-13-23-17/h3-6,11-12,19-20H,2,7-10,13H2,1H3. The van der Waals surface area contributed by atoms with Crippen molar-refractivity contribution in [2.75, 3.05) is 33.0 Å². The molecule has 1 atom stereocenters. The summed E-state index contributed by atoms with van der Waals surface area (Å²) in [6.45, 7) is 6.50. The van der Waals surface area contributed by atoms with Crippen LogP contribution in [-0.4, -0.2) is 42.9 Å². The van der Waals surface area contributed by atoms with E-state index in [1.165, 1.54) is 11.1 Å². The number of ether oxygens (including phenoxy) is 2. The van der Waals surface area contributed by atoms with Crippen molar-refractivity contribution in [3.63, 3.8) is 0 Å². The average Bonchev–Trinajstić information content (AvgIpc) is 3.11. The zero-order chi connectivity index (χ0) is 16.4. The SMILES string of the molecule is CCc1ccc(C(c2ccc3c(c2)OCO3)N2CCNCC2)nc1. The Morgan fingerprint density at radius 2 is 1.96 bits per heavy atom. The summed E-state index contributed by atoms with van der Waals surface area (Å²) >= 11 is 0. The van der Waals surface area contributed by atoms with E-state index in [9.17, 15) is 0 Å². The molecule has 3 heterocycles. The molecule has 1 fully saturated rings. The molecule has 0 saturated carbocycles. The first kappa shape index (κ1) is 15.4. The summed E-state index contributed by atoms with van der Waals surface area (Å²) in [6, 6.07) is 10.7. The van der Waals surface area contributed by atoms with E-state index in [1.807, 2.05) is 12.3 Å². The highest BCUT2D eigenvalue weighted by Gasteiger charge is 2.26. The maximum atomic E-state index is 5.58. The topological polar surface area (TPSA) is 46.6 Å². The summed E-state index contributed by atoms with van der Waals surface area (Å²) in [7, 11) is 0. The van der Waals surface area contributed by atoms with Crippen LogP contribution in [0, 0.1) is 0 Å². The number of fused-ring (bicyclic) bond motifs is 1. The van der Waals surface area contributed by atoms with Crippen LogP contribution in [0.25, 0.3) is 0 Å². The van der Waals surface area contributed by atoms with Gasteiger partial charge in [0.25, 0.3) is 0 Å². The molecular formula is C19H23N3O2. The molecule has 1 aromatic carbocycles. The lowest BCUT2D eigenvalue weighted by molar-refractivity contribution is 0.173. The summed E-state index contributed by atoms with van der Waals surface area (Å²) in [5.74, 6) is 1.66. The fraction of sp³-hybridized carbons (Fsp3) is 0.421. The van der Waals surface area contributed by atoms with E-state index in [0.717, 1.165) is 49.8 Å². The summed E-state index contributed by atoms with van der Waals surface area (Å²) in [5.41, 5.74) is 3.56. The molecule has 0 spiro atoms. The zero-order valence-corrected chi connectivity index (χ0v) is 14.0. The minimum atomic E-state index is 0.146. The van der Waals surface area contributed by atoms with Crippen LogP contribution in [0.3, 0.4) is 0 Å². The molecule has 126 valence electrons. The summed E-state index contributed by atoms with van der Waals surface area (Å²) in [5, 5.41) is 3.43. The normalized spacial score (nSPS) is 18.5. The van der Waals surface area contributed by atoms with Crippen LogP contribution in [-0.2, 0) is 6.42 Å². The Kier molecular flexibility index (Phi) is 4.36. The monoisotopic (exact) mass is 325 g/mol. The molecule has 4 rings (SSSR count). The second-order valence-electron chi connectivity index (χ2n) is 6.25. The van der Waals surface area contributed by atoms with Gasteiger partial charge in [-0.15, -0.1) is 0 Å².